The first-order chi connectivity index (χ1) is 16.1. The molecule has 0 amide bonds. The van der Waals surface area contributed by atoms with Crippen LogP contribution in [0.2, 0.25) is 0 Å². The molecule has 0 radical (unpaired) electrons. The number of rotatable bonds is 17. The minimum atomic E-state index is -0.923. The summed E-state index contributed by atoms with van der Waals surface area (Å²) >= 11 is 1.99. The molecule has 0 atom stereocenters. The second-order valence-corrected chi connectivity index (χ2v) is 8.90. The molecule has 178 valence electrons. The maximum Gasteiger partial charge on any atom is 0.335 e. The number of esters is 1. The van der Waals surface area contributed by atoms with Gasteiger partial charge in [-0.15, -0.1) is 0 Å². The van der Waals surface area contributed by atoms with Crippen molar-refractivity contribution in [1.82, 2.24) is 0 Å². The van der Waals surface area contributed by atoms with Crippen LogP contribution >= 0.6 is 11.8 Å². The van der Waals surface area contributed by atoms with E-state index in [2.05, 4.69) is 0 Å². The zero-order chi connectivity index (χ0) is 23.6. The molecule has 0 heterocycles. The lowest BCUT2D eigenvalue weighted by atomic mass is 10.2. The van der Waals surface area contributed by atoms with Gasteiger partial charge in [-0.25, -0.2) is 9.59 Å². The van der Waals surface area contributed by atoms with Gasteiger partial charge in [-0.05, 0) is 79.5 Å². The normalized spacial score (nSPS) is 10.9. The van der Waals surface area contributed by atoms with E-state index in [0.29, 0.717) is 19.0 Å². The largest absolute Gasteiger partial charge is 0.494 e. The van der Waals surface area contributed by atoms with E-state index in [4.69, 9.17) is 14.6 Å². The molecule has 0 fully saturated rings. The van der Waals surface area contributed by atoms with Crippen molar-refractivity contribution in [1.29, 1.82) is 0 Å². The Morgan fingerprint density at radius 1 is 0.788 bits per heavy atom. The van der Waals surface area contributed by atoms with Crippen LogP contribution in [0.25, 0.3) is 6.08 Å². The topological polar surface area (TPSA) is 72.8 Å². The molecule has 0 spiro atoms. The molecule has 0 saturated heterocycles. The summed E-state index contributed by atoms with van der Waals surface area (Å²) in [5.74, 6) is 1.84. The Morgan fingerprint density at radius 3 is 2.12 bits per heavy atom. The smallest absolute Gasteiger partial charge is 0.335 e. The molecule has 33 heavy (non-hydrogen) atoms. The van der Waals surface area contributed by atoms with Crippen molar-refractivity contribution in [3.63, 3.8) is 0 Å². The number of hydrogen-bond donors (Lipinski definition) is 1. The summed E-state index contributed by atoms with van der Waals surface area (Å²) in [5.41, 5.74) is 1.26. The molecule has 0 aliphatic carbocycles. The molecule has 0 aliphatic rings. The average Bonchev–Trinajstić information content (AvgIpc) is 2.84. The Labute approximate surface area is 201 Å². The van der Waals surface area contributed by atoms with Crippen LogP contribution in [-0.4, -0.2) is 41.8 Å². The average molecular weight is 471 g/mol. The van der Waals surface area contributed by atoms with Crippen LogP contribution < -0.4 is 4.74 Å². The number of hydrogen-bond acceptors (Lipinski definition) is 5. The Kier molecular flexibility index (Phi) is 13.5. The predicted octanol–water partition coefficient (Wildman–Crippen LogP) is 6.48. The highest BCUT2D eigenvalue weighted by atomic mass is 32.2. The Hall–Kier alpha value is -2.73. The van der Waals surface area contributed by atoms with Crippen LogP contribution in [0.3, 0.4) is 0 Å². The van der Waals surface area contributed by atoms with Gasteiger partial charge in [-0.3, -0.25) is 0 Å². The van der Waals surface area contributed by atoms with Crippen LogP contribution in [0.4, 0.5) is 0 Å². The third-order valence-corrected chi connectivity index (χ3v) is 6.10. The van der Waals surface area contributed by atoms with Crippen molar-refractivity contribution >= 4 is 29.8 Å². The van der Waals surface area contributed by atoms with E-state index in [-0.39, 0.29) is 11.5 Å². The lowest BCUT2D eigenvalue weighted by molar-refractivity contribution is -0.137. The summed E-state index contributed by atoms with van der Waals surface area (Å²) in [6.45, 7) is 1.14. The van der Waals surface area contributed by atoms with Gasteiger partial charge < -0.3 is 14.6 Å². The number of ether oxygens (including phenoxy) is 2. The van der Waals surface area contributed by atoms with Crippen molar-refractivity contribution in [2.75, 3.05) is 24.7 Å². The van der Waals surface area contributed by atoms with Gasteiger partial charge in [0.05, 0.1) is 18.8 Å². The first-order valence-corrected chi connectivity index (χ1v) is 12.7. The van der Waals surface area contributed by atoms with Crippen molar-refractivity contribution in [3.05, 3.63) is 71.8 Å². The SMILES string of the molecule is O=C(C=Cc1ccccc1)OCCCCCSCCCCCCOc1ccc(C(=O)O)cc1. The summed E-state index contributed by atoms with van der Waals surface area (Å²) in [6.07, 6.45) is 10.9. The lowest BCUT2D eigenvalue weighted by Gasteiger charge is -2.06. The molecule has 6 heteroatoms. The summed E-state index contributed by atoms with van der Waals surface area (Å²) in [5, 5.41) is 8.88. The minimum Gasteiger partial charge on any atom is -0.494 e. The molecule has 0 saturated carbocycles. The predicted molar refractivity (Wildman–Crippen MR) is 135 cm³/mol. The van der Waals surface area contributed by atoms with Gasteiger partial charge in [0.2, 0.25) is 0 Å². The van der Waals surface area contributed by atoms with Gasteiger partial charge in [0.1, 0.15) is 5.75 Å². The highest BCUT2D eigenvalue weighted by Crippen LogP contribution is 2.14. The van der Waals surface area contributed by atoms with Crippen LogP contribution in [-0.2, 0) is 9.53 Å². The van der Waals surface area contributed by atoms with Gasteiger partial charge in [0.25, 0.3) is 0 Å². The number of carbonyl (C=O) groups is 2. The molecular weight excluding hydrogens is 436 g/mol. The van der Waals surface area contributed by atoms with Crippen molar-refractivity contribution in [2.24, 2.45) is 0 Å². The zero-order valence-corrected chi connectivity index (χ0v) is 19.9. The number of benzene rings is 2. The molecule has 2 aromatic carbocycles. The van der Waals surface area contributed by atoms with E-state index < -0.39 is 5.97 Å². The number of carbonyl (C=O) groups excluding carboxylic acids is 1. The fourth-order valence-electron chi connectivity index (χ4n) is 3.08. The lowest BCUT2D eigenvalue weighted by Crippen LogP contribution is -2.02. The summed E-state index contributed by atoms with van der Waals surface area (Å²) in [7, 11) is 0. The van der Waals surface area contributed by atoms with Gasteiger partial charge in [-0.1, -0.05) is 43.2 Å². The number of carboxylic acids is 1. The molecule has 2 aromatic rings. The summed E-state index contributed by atoms with van der Waals surface area (Å²) in [4.78, 5) is 22.5. The van der Waals surface area contributed by atoms with Gasteiger partial charge in [-0.2, -0.15) is 11.8 Å². The maximum atomic E-state index is 11.7. The van der Waals surface area contributed by atoms with E-state index in [1.807, 2.05) is 42.1 Å². The molecule has 0 unspecified atom stereocenters. The van der Waals surface area contributed by atoms with Crippen LogP contribution in [0, 0.1) is 0 Å². The van der Waals surface area contributed by atoms with E-state index in [1.54, 1.807) is 30.3 Å². The van der Waals surface area contributed by atoms with E-state index in [9.17, 15) is 9.59 Å². The van der Waals surface area contributed by atoms with Crippen molar-refractivity contribution in [3.8, 4) is 5.75 Å². The molecule has 1 N–H and O–H groups in total. The fraction of sp³-hybridized carbons (Fsp3) is 0.407. The summed E-state index contributed by atoms with van der Waals surface area (Å²) in [6, 6.07) is 16.2. The monoisotopic (exact) mass is 470 g/mol. The van der Waals surface area contributed by atoms with E-state index in [1.165, 1.54) is 24.7 Å². The van der Waals surface area contributed by atoms with Crippen molar-refractivity contribution in [2.45, 2.75) is 44.9 Å². The summed E-state index contributed by atoms with van der Waals surface area (Å²) < 4.78 is 10.9. The fourth-order valence-corrected chi connectivity index (χ4v) is 4.10. The van der Waals surface area contributed by atoms with Crippen LogP contribution in [0.15, 0.2) is 60.7 Å². The van der Waals surface area contributed by atoms with Crippen LogP contribution in [0.1, 0.15) is 60.9 Å². The number of carboxylic acid groups (broad SMARTS) is 1. The second-order valence-electron chi connectivity index (χ2n) is 7.68. The Balaban J connectivity index is 1.33. The molecule has 0 aromatic heterocycles. The van der Waals surface area contributed by atoms with Gasteiger partial charge >= 0.3 is 11.9 Å². The van der Waals surface area contributed by atoms with E-state index in [0.717, 1.165) is 43.4 Å². The maximum absolute atomic E-state index is 11.7. The first kappa shape index (κ1) is 26.5. The highest BCUT2D eigenvalue weighted by molar-refractivity contribution is 7.99. The standard InChI is InChI=1S/C27H34O5S/c28-26(18-13-23-11-5-3-6-12-23)32-20-8-4-10-22-33-21-9-2-1-7-19-31-25-16-14-24(15-17-25)27(29)30/h3,5-6,11-18H,1-2,4,7-10,19-22H2,(H,29,30). The zero-order valence-electron chi connectivity index (χ0n) is 19.1. The molecule has 0 bridgehead atoms. The molecule has 5 nitrogen and oxygen atoms in total. The third kappa shape index (κ3) is 12.8. The third-order valence-electron chi connectivity index (χ3n) is 4.94. The Bertz CT molecular complexity index is 833. The highest BCUT2D eigenvalue weighted by Gasteiger charge is 2.02. The molecule has 2 rings (SSSR count). The van der Waals surface area contributed by atoms with Crippen molar-refractivity contribution < 1.29 is 24.2 Å². The number of thioether (sulfide) groups is 1. The first-order valence-electron chi connectivity index (χ1n) is 11.6. The van der Waals surface area contributed by atoms with Crippen LogP contribution in [0.5, 0.6) is 5.75 Å². The van der Waals surface area contributed by atoms with Gasteiger partial charge in [0, 0.05) is 6.08 Å². The second kappa shape index (κ2) is 16.8. The molecule has 0 aliphatic heterocycles. The quantitative estimate of drug-likeness (QED) is 0.162. The van der Waals surface area contributed by atoms with Gasteiger partial charge in [0.15, 0.2) is 0 Å². The number of unbranched alkanes of at least 4 members (excludes halogenated alkanes) is 5. The molecular formula is C27H34O5S. The van der Waals surface area contributed by atoms with E-state index >= 15 is 0 Å². The Morgan fingerprint density at radius 2 is 1.42 bits per heavy atom. The minimum absolute atomic E-state index is 0.273. The number of aromatic carboxylic acids is 1.